The van der Waals surface area contributed by atoms with Crippen LogP contribution >= 0.6 is 0 Å². The summed E-state index contributed by atoms with van der Waals surface area (Å²) in [6, 6.07) is 0. The predicted octanol–water partition coefficient (Wildman–Crippen LogP) is 3.01. The molecule has 0 amide bonds. The van der Waals surface area contributed by atoms with Crippen LogP contribution in [0.4, 0.5) is 0 Å². The second kappa shape index (κ2) is 22.6. The van der Waals surface area contributed by atoms with E-state index in [1.807, 2.05) is 0 Å². The van der Waals surface area contributed by atoms with Crippen LogP contribution < -0.4 is 0 Å². The Hall–Kier alpha value is -1.24. The van der Waals surface area contributed by atoms with Gasteiger partial charge < -0.3 is 10.8 Å². The van der Waals surface area contributed by atoms with Crippen LogP contribution in [0.15, 0.2) is 0 Å². The van der Waals surface area contributed by atoms with E-state index in [9.17, 15) is 0 Å². The van der Waals surface area contributed by atoms with Crippen LogP contribution in [0.25, 0.3) is 10.8 Å². The van der Waals surface area contributed by atoms with E-state index in [0.717, 1.165) is 5.92 Å². The molecule has 0 N–H and O–H groups in total. The summed E-state index contributed by atoms with van der Waals surface area (Å²) in [5, 5.41) is 13.5. The van der Waals surface area contributed by atoms with E-state index in [-0.39, 0.29) is 0 Å². The molecule has 0 heterocycles. The van der Waals surface area contributed by atoms with Crippen molar-refractivity contribution in [3.05, 3.63) is 10.8 Å². The average Bonchev–Trinajstić information content (AvgIpc) is 2.07. The summed E-state index contributed by atoms with van der Waals surface area (Å²) in [6.45, 7) is 6.83. The third-order valence-corrected chi connectivity index (χ3v) is 1.39. The molecule has 4 nitrogen and oxygen atoms in total. The Kier molecular flexibility index (Phi) is 29.9. The minimum atomic E-state index is 0.500. The number of carbonyl (C=O) groups excluding carboxylic acids is 2. The van der Waals surface area contributed by atoms with Crippen molar-refractivity contribution in [1.82, 2.24) is 0 Å². The number of isocyanates is 2. The van der Waals surface area contributed by atoms with Crippen molar-refractivity contribution in [2.75, 3.05) is 0 Å². The average molecular weight is 198 g/mol. The van der Waals surface area contributed by atoms with Gasteiger partial charge in [0.2, 0.25) is 0 Å². The molecule has 0 aromatic rings. The Bertz CT molecular complexity index is 144. The van der Waals surface area contributed by atoms with E-state index >= 15 is 0 Å². The Labute approximate surface area is 85.7 Å². The van der Waals surface area contributed by atoms with Gasteiger partial charge in [-0.2, -0.15) is 0 Å². The number of nitrogens with zero attached hydrogens (tertiary/aromatic N) is 2. The van der Waals surface area contributed by atoms with E-state index in [1.54, 1.807) is 0 Å². The molecule has 4 heteroatoms. The lowest BCUT2D eigenvalue weighted by Gasteiger charge is -2.00. The van der Waals surface area contributed by atoms with Gasteiger partial charge in [-0.1, -0.05) is 46.5 Å². The molecule has 0 aliphatic heterocycles. The van der Waals surface area contributed by atoms with Crippen LogP contribution in [0, 0.1) is 5.92 Å². The fraction of sp³-hybridized carbons (Fsp3) is 0.800. The fourth-order valence-corrected chi connectivity index (χ4v) is 0.803. The molecule has 0 radical (unpaired) electrons. The van der Waals surface area contributed by atoms with Gasteiger partial charge in [0.05, 0.1) is 0 Å². The lowest BCUT2D eigenvalue weighted by Crippen LogP contribution is -1.85. The van der Waals surface area contributed by atoms with Crippen LogP contribution in [0.5, 0.6) is 0 Å². The zero-order valence-electron chi connectivity index (χ0n) is 9.12. The molecular formula is C10H18N2O2-2. The monoisotopic (exact) mass is 198 g/mol. The van der Waals surface area contributed by atoms with Gasteiger partial charge in [0.1, 0.15) is 0 Å². The van der Waals surface area contributed by atoms with Crippen LogP contribution in [0.2, 0.25) is 0 Å². The molecule has 0 aromatic carbocycles. The zero-order chi connectivity index (χ0) is 11.8. The maximum absolute atomic E-state index is 8.24. The molecule has 0 rings (SSSR count). The van der Waals surface area contributed by atoms with Gasteiger partial charge >= 0.3 is 0 Å². The maximum Gasteiger partial charge on any atom is -0.0159 e. The van der Waals surface area contributed by atoms with Gasteiger partial charge in [-0.15, -0.1) is 0 Å². The smallest absolute Gasteiger partial charge is 0.0159 e. The minimum Gasteiger partial charge on any atom is -0.724 e. The lowest BCUT2D eigenvalue weighted by molar-refractivity contribution is 0.534. The molecule has 82 valence electrons. The number of rotatable bonds is 4. The van der Waals surface area contributed by atoms with E-state index in [2.05, 4.69) is 20.8 Å². The van der Waals surface area contributed by atoms with Crippen molar-refractivity contribution >= 4 is 12.2 Å². The first-order valence-electron chi connectivity index (χ1n) is 4.63. The molecule has 0 unspecified atom stereocenters. The first-order chi connectivity index (χ1) is 6.60. The number of unbranched alkanes of at least 4 members (excludes halogenated alkanes) is 2. The van der Waals surface area contributed by atoms with Crippen molar-refractivity contribution in [3.63, 3.8) is 0 Å². The van der Waals surface area contributed by atoms with E-state index in [4.69, 9.17) is 20.4 Å². The second-order valence-corrected chi connectivity index (χ2v) is 3.07. The van der Waals surface area contributed by atoms with Gasteiger partial charge in [-0.05, 0) is 18.1 Å². The second-order valence-electron chi connectivity index (χ2n) is 3.07. The van der Waals surface area contributed by atoms with E-state index in [1.165, 1.54) is 25.7 Å². The Morgan fingerprint density at radius 1 is 1.07 bits per heavy atom. The molecular weight excluding hydrogens is 180 g/mol. The Balaban J connectivity index is -0.000000168. The first kappa shape index (κ1) is 18.5. The topological polar surface area (TPSA) is 78.7 Å². The van der Waals surface area contributed by atoms with Crippen LogP contribution in [-0.2, 0) is 9.59 Å². The third kappa shape index (κ3) is 72.5. The summed E-state index contributed by atoms with van der Waals surface area (Å²) in [5.74, 6) is 0.904. The minimum absolute atomic E-state index is 0.500. The standard InChI is InChI=1S/C8H18.2CNO/c1-4-5-6-7-8(2)3;2*2-1-3/h8H,4-7H2,1-3H3;;/q;2*-1. The molecule has 0 spiro atoms. The SMILES string of the molecule is CCCCCC(C)C.[N-]=C=O.[N-]=C=O. The van der Waals surface area contributed by atoms with Gasteiger partial charge in [0.25, 0.3) is 0 Å². The summed E-state index contributed by atoms with van der Waals surface area (Å²) in [4.78, 5) is 16.5. The third-order valence-electron chi connectivity index (χ3n) is 1.39. The highest BCUT2D eigenvalue weighted by molar-refractivity contribution is 5.37. The highest BCUT2D eigenvalue weighted by atomic mass is 16.1. The van der Waals surface area contributed by atoms with Crippen LogP contribution in [0.3, 0.4) is 0 Å². The van der Waals surface area contributed by atoms with Gasteiger partial charge in [0, 0.05) is 0 Å². The molecule has 0 atom stereocenters. The summed E-state index contributed by atoms with van der Waals surface area (Å²) in [5.41, 5.74) is 0. The van der Waals surface area contributed by atoms with Gasteiger partial charge in [-0.25, -0.2) is 0 Å². The lowest BCUT2D eigenvalue weighted by atomic mass is 10.1. The summed E-state index contributed by atoms with van der Waals surface area (Å²) < 4.78 is 0. The van der Waals surface area contributed by atoms with Gasteiger partial charge in [0.15, 0.2) is 0 Å². The molecule has 0 aliphatic carbocycles. The van der Waals surface area contributed by atoms with Crippen molar-refractivity contribution in [1.29, 1.82) is 0 Å². The molecule has 0 bridgehead atoms. The summed E-state index contributed by atoms with van der Waals surface area (Å²) in [6.07, 6.45) is 6.60. The van der Waals surface area contributed by atoms with Crippen LogP contribution in [-0.4, -0.2) is 12.2 Å². The van der Waals surface area contributed by atoms with Gasteiger partial charge in [-0.3, -0.25) is 9.59 Å². The first-order valence-corrected chi connectivity index (χ1v) is 4.63. The largest absolute Gasteiger partial charge is 0.724 e. The van der Waals surface area contributed by atoms with Crippen molar-refractivity contribution < 1.29 is 9.59 Å². The van der Waals surface area contributed by atoms with E-state index < -0.39 is 0 Å². The zero-order valence-corrected chi connectivity index (χ0v) is 9.12. The van der Waals surface area contributed by atoms with Crippen molar-refractivity contribution in [3.8, 4) is 0 Å². The van der Waals surface area contributed by atoms with Crippen molar-refractivity contribution in [2.45, 2.75) is 46.5 Å². The fourth-order valence-electron chi connectivity index (χ4n) is 0.803. The van der Waals surface area contributed by atoms with E-state index in [0.29, 0.717) is 12.2 Å². The molecule has 0 aromatic heterocycles. The highest BCUT2D eigenvalue weighted by Crippen LogP contribution is 2.06. The number of hydrogen-bond acceptors (Lipinski definition) is 2. The summed E-state index contributed by atoms with van der Waals surface area (Å²) in [7, 11) is 0. The summed E-state index contributed by atoms with van der Waals surface area (Å²) >= 11 is 0. The highest BCUT2D eigenvalue weighted by Gasteiger charge is 1.90. The molecule has 0 fully saturated rings. The maximum atomic E-state index is 8.24. The quantitative estimate of drug-likeness (QED) is 0.395. The predicted molar refractivity (Wildman–Crippen MR) is 57.1 cm³/mol. The number of hydrogen-bond donors (Lipinski definition) is 0. The molecule has 0 saturated carbocycles. The van der Waals surface area contributed by atoms with Crippen molar-refractivity contribution in [2.24, 2.45) is 5.92 Å². The molecule has 0 aliphatic rings. The normalized spacial score (nSPS) is 7.14. The van der Waals surface area contributed by atoms with Crippen LogP contribution in [0.1, 0.15) is 46.5 Å². The Morgan fingerprint density at radius 3 is 1.64 bits per heavy atom. The molecule has 0 saturated heterocycles. The molecule has 14 heavy (non-hydrogen) atoms. The Morgan fingerprint density at radius 2 is 1.43 bits per heavy atom.